The molecule has 1 amide bonds. The third-order valence-electron chi connectivity index (χ3n) is 4.40. The van der Waals surface area contributed by atoms with Crippen molar-refractivity contribution in [1.29, 1.82) is 0 Å². The first-order valence-electron chi connectivity index (χ1n) is 6.59. The number of amides is 1. The molecule has 2 fully saturated rings. The Bertz CT molecular complexity index is 341. The van der Waals surface area contributed by atoms with Gasteiger partial charge in [0.25, 0.3) is 0 Å². The van der Waals surface area contributed by atoms with E-state index in [1.54, 1.807) is 0 Å². The van der Waals surface area contributed by atoms with E-state index < -0.39 is 0 Å². The molecule has 3 rings (SSSR count). The van der Waals surface area contributed by atoms with Gasteiger partial charge in [0, 0.05) is 18.1 Å². The zero-order chi connectivity index (χ0) is 12.0. The molecule has 2 aliphatic heterocycles. The van der Waals surface area contributed by atoms with Crippen molar-refractivity contribution in [3.05, 3.63) is 12.2 Å². The molecule has 3 N–H and O–H groups in total. The van der Waals surface area contributed by atoms with E-state index in [9.17, 15) is 9.90 Å². The molecule has 94 valence electrons. The van der Waals surface area contributed by atoms with E-state index in [2.05, 4.69) is 0 Å². The molecule has 2 heterocycles. The summed E-state index contributed by atoms with van der Waals surface area (Å²) in [7, 11) is 0. The van der Waals surface area contributed by atoms with Crippen molar-refractivity contribution in [2.45, 2.75) is 56.3 Å². The number of piperidine rings is 1. The van der Waals surface area contributed by atoms with Crippen molar-refractivity contribution < 1.29 is 9.90 Å². The second-order valence-corrected chi connectivity index (χ2v) is 5.65. The third kappa shape index (κ3) is 1.89. The summed E-state index contributed by atoms with van der Waals surface area (Å²) in [6.45, 7) is 0. The Kier molecular flexibility index (Phi) is 2.71. The number of carbonyl (C=O) groups excluding carboxylic acids is 1. The van der Waals surface area contributed by atoms with Crippen molar-refractivity contribution >= 4 is 5.91 Å². The molecule has 0 radical (unpaired) electrons. The van der Waals surface area contributed by atoms with Crippen LogP contribution >= 0.6 is 0 Å². The second-order valence-electron chi connectivity index (χ2n) is 5.65. The topological polar surface area (TPSA) is 66.6 Å². The van der Waals surface area contributed by atoms with Gasteiger partial charge in [0.2, 0.25) is 5.91 Å². The Morgan fingerprint density at radius 3 is 2.35 bits per heavy atom. The monoisotopic (exact) mass is 236 g/mol. The van der Waals surface area contributed by atoms with E-state index in [-0.39, 0.29) is 36.1 Å². The van der Waals surface area contributed by atoms with E-state index >= 15 is 0 Å². The minimum Gasteiger partial charge on any atom is -0.393 e. The molecule has 1 aliphatic carbocycles. The molecule has 2 bridgehead atoms. The standard InChI is InChI=1S/C13H20N2O2/c14-9-2-1-8(5-9)13(17)15-10-3-4-11(15)7-12(16)6-10/h1-2,8-12,16H,3-7,14H2. The van der Waals surface area contributed by atoms with Crippen LogP contribution in [0.4, 0.5) is 0 Å². The first kappa shape index (κ1) is 11.2. The van der Waals surface area contributed by atoms with Crippen LogP contribution < -0.4 is 5.73 Å². The van der Waals surface area contributed by atoms with Gasteiger partial charge in [0.15, 0.2) is 0 Å². The molecule has 4 nitrogen and oxygen atoms in total. The predicted molar refractivity (Wildman–Crippen MR) is 64.1 cm³/mol. The quantitative estimate of drug-likeness (QED) is 0.648. The van der Waals surface area contributed by atoms with Gasteiger partial charge < -0.3 is 15.7 Å². The van der Waals surface area contributed by atoms with Crippen molar-refractivity contribution in [1.82, 2.24) is 4.90 Å². The lowest BCUT2D eigenvalue weighted by molar-refractivity contribution is -0.140. The van der Waals surface area contributed by atoms with Crippen LogP contribution in [0.5, 0.6) is 0 Å². The number of carbonyl (C=O) groups is 1. The molecule has 2 saturated heterocycles. The fraction of sp³-hybridized carbons (Fsp3) is 0.769. The molecule has 0 spiro atoms. The summed E-state index contributed by atoms with van der Waals surface area (Å²) in [5, 5.41) is 9.73. The number of aliphatic hydroxyl groups is 1. The lowest BCUT2D eigenvalue weighted by Crippen LogP contribution is -2.49. The summed E-state index contributed by atoms with van der Waals surface area (Å²) in [6, 6.07) is 0.569. The largest absolute Gasteiger partial charge is 0.393 e. The maximum atomic E-state index is 12.5. The van der Waals surface area contributed by atoms with Crippen LogP contribution in [0.3, 0.4) is 0 Å². The second kappa shape index (κ2) is 4.10. The molecule has 4 unspecified atom stereocenters. The van der Waals surface area contributed by atoms with Crippen LogP contribution in [0.1, 0.15) is 32.1 Å². The maximum Gasteiger partial charge on any atom is 0.230 e. The van der Waals surface area contributed by atoms with Gasteiger partial charge in [-0.1, -0.05) is 12.2 Å². The lowest BCUT2D eigenvalue weighted by atomic mass is 9.97. The van der Waals surface area contributed by atoms with Crippen LogP contribution in [0.2, 0.25) is 0 Å². The summed E-state index contributed by atoms with van der Waals surface area (Å²) in [6.07, 6.45) is 8.04. The van der Waals surface area contributed by atoms with Crippen LogP contribution in [-0.4, -0.2) is 40.1 Å². The highest BCUT2D eigenvalue weighted by Crippen LogP contribution is 2.37. The highest BCUT2D eigenvalue weighted by atomic mass is 16.3. The van der Waals surface area contributed by atoms with Gasteiger partial charge in [-0.2, -0.15) is 0 Å². The number of fused-ring (bicyclic) bond motifs is 2. The average Bonchev–Trinajstić information content (AvgIpc) is 2.81. The summed E-state index contributed by atoms with van der Waals surface area (Å²) in [5.74, 6) is 0.206. The van der Waals surface area contributed by atoms with E-state index in [4.69, 9.17) is 5.73 Å². The van der Waals surface area contributed by atoms with E-state index in [0.717, 1.165) is 32.1 Å². The van der Waals surface area contributed by atoms with Crippen molar-refractivity contribution in [3.63, 3.8) is 0 Å². The fourth-order valence-electron chi connectivity index (χ4n) is 3.61. The molecule has 4 heteroatoms. The zero-order valence-electron chi connectivity index (χ0n) is 9.96. The van der Waals surface area contributed by atoms with Crippen molar-refractivity contribution in [3.8, 4) is 0 Å². The smallest absolute Gasteiger partial charge is 0.230 e. The number of hydrogen-bond donors (Lipinski definition) is 2. The van der Waals surface area contributed by atoms with E-state index in [1.807, 2.05) is 17.1 Å². The minimum atomic E-state index is -0.210. The minimum absolute atomic E-state index is 0.0247. The molecule has 4 atom stereocenters. The van der Waals surface area contributed by atoms with Gasteiger partial charge in [-0.25, -0.2) is 0 Å². The maximum absolute atomic E-state index is 12.5. The molecular formula is C13H20N2O2. The van der Waals surface area contributed by atoms with Crippen LogP contribution in [0, 0.1) is 5.92 Å². The van der Waals surface area contributed by atoms with Gasteiger partial charge in [0.05, 0.1) is 12.0 Å². The third-order valence-corrected chi connectivity index (χ3v) is 4.40. The first-order valence-corrected chi connectivity index (χ1v) is 6.59. The normalized spacial score (nSPS) is 44.4. The van der Waals surface area contributed by atoms with E-state index in [0.29, 0.717) is 0 Å². The molecule has 3 aliphatic rings. The van der Waals surface area contributed by atoms with E-state index in [1.165, 1.54) is 0 Å². The van der Waals surface area contributed by atoms with Gasteiger partial charge in [0.1, 0.15) is 0 Å². The number of aliphatic hydroxyl groups excluding tert-OH is 1. The number of nitrogens with zero attached hydrogens (tertiary/aromatic N) is 1. The molecule has 0 aromatic rings. The molecular weight excluding hydrogens is 216 g/mol. The molecule has 0 aromatic carbocycles. The van der Waals surface area contributed by atoms with Crippen LogP contribution in [-0.2, 0) is 4.79 Å². The van der Waals surface area contributed by atoms with Gasteiger partial charge in [-0.05, 0) is 32.1 Å². The van der Waals surface area contributed by atoms with Gasteiger partial charge in [-0.15, -0.1) is 0 Å². The Labute approximate surface area is 101 Å². The highest BCUT2D eigenvalue weighted by Gasteiger charge is 2.44. The zero-order valence-corrected chi connectivity index (χ0v) is 9.96. The molecule has 0 aromatic heterocycles. The summed E-state index contributed by atoms with van der Waals surface area (Å²) in [5.41, 5.74) is 5.80. The number of hydrogen-bond acceptors (Lipinski definition) is 3. The first-order chi connectivity index (χ1) is 8.15. The summed E-state index contributed by atoms with van der Waals surface area (Å²) in [4.78, 5) is 14.5. The Hall–Kier alpha value is -0.870. The van der Waals surface area contributed by atoms with Crippen LogP contribution in [0.15, 0.2) is 12.2 Å². The predicted octanol–water partition coefficient (Wildman–Crippen LogP) is 0.404. The average molecular weight is 236 g/mol. The molecule has 17 heavy (non-hydrogen) atoms. The Morgan fingerprint density at radius 2 is 1.82 bits per heavy atom. The summed E-state index contributed by atoms with van der Waals surface area (Å²) < 4.78 is 0. The van der Waals surface area contributed by atoms with Crippen LogP contribution in [0.25, 0.3) is 0 Å². The molecule has 0 saturated carbocycles. The highest BCUT2D eigenvalue weighted by molar-refractivity contribution is 5.82. The lowest BCUT2D eigenvalue weighted by Gasteiger charge is -2.38. The van der Waals surface area contributed by atoms with Gasteiger partial charge in [-0.3, -0.25) is 4.79 Å². The van der Waals surface area contributed by atoms with Gasteiger partial charge >= 0.3 is 0 Å². The Balaban J connectivity index is 1.73. The number of rotatable bonds is 1. The SMILES string of the molecule is NC1C=CC(C(=O)N2C3CCC2CC(O)C3)C1. The number of nitrogens with two attached hydrogens (primary N) is 1. The summed E-state index contributed by atoms with van der Waals surface area (Å²) >= 11 is 0. The Morgan fingerprint density at radius 1 is 1.18 bits per heavy atom. The van der Waals surface area contributed by atoms with Crippen molar-refractivity contribution in [2.24, 2.45) is 11.7 Å². The van der Waals surface area contributed by atoms with Crippen molar-refractivity contribution in [2.75, 3.05) is 0 Å². The fourth-order valence-corrected chi connectivity index (χ4v) is 3.61.